The van der Waals surface area contributed by atoms with Crippen LogP contribution in [0.5, 0.6) is 0 Å². The molecule has 2 fully saturated rings. The van der Waals surface area contributed by atoms with E-state index in [2.05, 4.69) is 0 Å². The van der Waals surface area contributed by atoms with Crippen LogP contribution in [0.2, 0.25) is 0 Å². The van der Waals surface area contributed by atoms with Crippen molar-refractivity contribution in [1.29, 1.82) is 0 Å². The van der Waals surface area contributed by atoms with Gasteiger partial charge in [0.1, 0.15) is 24.4 Å². The summed E-state index contributed by atoms with van der Waals surface area (Å²) >= 11 is 0. The van der Waals surface area contributed by atoms with E-state index in [0.29, 0.717) is 0 Å². The van der Waals surface area contributed by atoms with Gasteiger partial charge in [0.15, 0.2) is 12.6 Å². The van der Waals surface area contributed by atoms with Crippen molar-refractivity contribution in [3.63, 3.8) is 0 Å². The van der Waals surface area contributed by atoms with Gasteiger partial charge in [0, 0.05) is 12.7 Å². The first-order valence-corrected chi connectivity index (χ1v) is 6.57. The Hall–Kier alpha value is -1.02. The molecule has 2 heterocycles. The fourth-order valence-electron chi connectivity index (χ4n) is 2.55. The maximum absolute atomic E-state index is 10.1. The summed E-state index contributed by atoms with van der Waals surface area (Å²) < 4.78 is 21.9. The van der Waals surface area contributed by atoms with Crippen molar-refractivity contribution in [2.75, 3.05) is 13.7 Å². The van der Waals surface area contributed by atoms with Crippen LogP contribution in [0, 0.1) is 0 Å². The van der Waals surface area contributed by atoms with Crippen molar-refractivity contribution in [1.82, 2.24) is 0 Å². The van der Waals surface area contributed by atoms with Crippen LogP contribution in [0.3, 0.4) is 0 Å². The highest BCUT2D eigenvalue weighted by molar-refractivity contribution is 5.16. The molecule has 0 aliphatic carbocycles. The number of aliphatic hydroxyl groups is 2. The van der Waals surface area contributed by atoms with Crippen molar-refractivity contribution < 1.29 is 29.2 Å². The minimum Gasteiger partial charge on any atom is -0.387 e. The van der Waals surface area contributed by atoms with Gasteiger partial charge in [-0.2, -0.15) is 0 Å². The van der Waals surface area contributed by atoms with Crippen LogP contribution >= 0.6 is 0 Å². The molecule has 3 rings (SSSR count). The normalized spacial score (nSPS) is 41.1. The van der Waals surface area contributed by atoms with E-state index in [9.17, 15) is 10.2 Å². The van der Waals surface area contributed by atoms with E-state index < -0.39 is 37.0 Å². The lowest BCUT2D eigenvalue weighted by Gasteiger charge is -2.45. The minimum absolute atomic E-state index is 0.272. The van der Waals surface area contributed by atoms with E-state index in [1.165, 1.54) is 7.11 Å². The fraction of sp³-hybridized carbons (Fsp3) is 0.571. The molecule has 6 nitrogen and oxygen atoms in total. The second-order valence-electron chi connectivity index (χ2n) is 4.94. The molecular formula is C14H18O6. The second kappa shape index (κ2) is 5.77. The van der Waals surface area contributed by atoms with Gasteiger partial charge in [-0.3, -0.25) is 0 Å². The largest absolute Gasteiger partial charge is 0.387 e. The Kier molecular flexibility index (Phi) is 4.02. The summed E-state index contributed by atoms with van der Waals surface area (Å²) in [5.74, 6) is 0. The summed E-state index contributed by atoms with van der Waals surface area (Å²) in [6.07, 6.45) is -4.76. The van der Waals surface area contributed by atoms with Crippen LogP contribution in [0.4, 0.5) is 0 Å². The molecule has 0 spiro atoms. The second-order valence-corrected chi connectivity index (χ2v) is 4.94. The molecular weight excluding hydrogens is 264 g/mol. The lowest BCUT2D eigenvalue weighted by molar-refractivity contribution is -0.358. The molecule has 6 heteroatoms. The molecule has 1 unspecified atom stereocenters. The van der Waals surface area contributed by atoms with E-state index in [-0.39, 0.29) is 6.61 Å². The zero-order valence-corrected chi connectivity index (χ0v) is 11.1. The smallest absolute Gasteiger partial charge is 0.186 e. The molecule has 2 saturated heterocycles. The first-order valence-electron chi connectivity index (χ1n) is 6.57. The highest BCUT2D eigenvalue weighted by Gasteiger charge is 2.48. The average molecular weight is 282 g/mol. The molecule has 20 heavy (non-hydrogen) atoms. The van der Waals surface area contributed by atoms with E-state index in [4.69, 9.17) is 18.9 Å². The van der Waals surface area contributed by atoms with Gasteiger partial charge in [-0.05, 0) is 0 Å². The molecule has 110 valence electrons. The molecule has 1 aromatic rings. The Morgan fingerprint density at radius 3 is 2.55 bits per heavy atom. The predicted molar refractivity (Wildman–Crippen MR) is 67.7 cm³/mol. The van der Waals surface area contributed by atoms with Crippen LogP contribution < -0.4 is 0 Å². The lowest BCUT2D eigenvalue weighted by atomic mass is 9.98. The van der Waals surface area contributed by atoms with Crippen LogP contribution in [0.1, 0.15) is 11.9 Å². The third-order valence-electron chi connectivity index (χ3n) is 3.64. The molecule has 2 aliphatic heterocycles. The molecule has 2 N–H and O–H groups in total. The molecule has 0 amide bonds. The molecule has 2 aliphatic rings. The van der Waals surface area contributed by atoms with E-state index >= 15 is 0 Å². The van der Waals surface area contributed by atoms with Crippen LogP contribution in [0.25, 0.3) is 0 Å². The van der Waals surface area contributed by atoms with E-state index in [1.54, 1.807) is 0 Å². The van der Waals surface area contributed by atoms with Crippen molar-refractivity contribution in [3.05, 3.63) is 35.9 Å². The molecule has 0 aromatic heterocycles. The van der Waals surface area contributed by atoms with Crippen molar-refractivity contribution in [2.45, 2.75) is 37.0 Å². The predicted octanol–water partition coefficient (Wildman–Crippen LogP) is 0.194. The lowest BCUT2D eigenvalue weighted by Crippen LogP contribution is -2.62. The Labute approximate surface area is 116 Å². The Bertz CT molecular complexity index is 437. The van der Waals surface area contributed by atoms with Crippen LogP contribution in [-0.4, -0.2) is 54.6 Å². The van der Waals surface area contributed by atoms with E-state index in [1.807, 2.05) is 30.3 Å². The van der Waals surface area contributed by atoms with Gasteiger partial charge in [-0.15, -0.1) is 0 Å². The monoisotopic (exact) mass is 282 g/mol. The van der Waals surface area contributed by atoms with Gasteiger partial charge in [0.25, 0.3) is 0 Å². The van der Waals surface area contributed by atoms with Crippen molar-refractivity contribution in [3.8, 4) is 0 Å². The first kappa shape index (κ1) is 13.9. The quantitative estimate of drug-likeness (QED) is 0.806. The third-order valence-corrected chi connectivity index (χ3v) is 3.64. The van der Waals surface area contributed by atoms with Crippen molar-refractivity contribution >= 4 is 0 Å². The highest BCUT2D eigenvalue weighted by Crippen LogP contribution is 2.33. The van der Waals surface area contributed by atoms with Gasteiger partial charge < -0.3 is 29.2 Å². The standard InChI is InChI=1S/C14H18O6/c1-17-14-11(16)10(15)12-9(19-14)7-18-13(20-12)8-5-3-2-4-6-8/h2-6,9-16H,7H2,1H3/t9-,10-,11-,12-,13?,14-/m0/s1. The third kappa shape index (κ3) is 2.46. The fourth-order valence-corrected chi connectivity index (χ4v) is 2.55. The summed E-state index contributed by atoms with van der Waals surface area (Å²) in [5.41, 5.74) is 0.863. The van der Waals surface area contributed by atoms with Gasteiger partial charge in [-0.25, -0.2) is 0 Å². The number of rotatable bonds is 2. The summed E-state index contributed by atoms with van der Waals surface area (Å²) in [4.78, 5) is 0. The Morgan fingerprint density at radius 1 is 1.10 bits per heavy atom. The van der Waals surface area contributed by atoms with E-state index in [0.717, 1.165) is 5.56 Å². The number of hydrogen-bond donors (Lipinski definition) is 2. The molecule has 0 saturated carbocycles. The van der Waals surface area contributed by atoms with Crippen molar-refractivity contribution in [2.24, 2.45) is 0 Å². The number of benzene rings is 1. The summed E-state index contributed by atoms with van der Waals surface area (Å²) in [6, 6.07) is 9.45. The highest BCUT2D eigenvalue weighted by atomic mass is 16.7. The SMILES string of the molecule is CO[C@H]1O[C@H]2COC(c3ccccc3)O[C@@H]2[C@@H](O)[C@@H]1O. The zero-order valence-electron chi connectivity index (χ0n) is 11.1. The summed E-state index contributed by atoms with van der Waals surface area (Å²) in [7, 11) is 1.41. The number of fused-ring (bicyclic) bond motifs is 1. The van der Waals surface area contributed by atoms with Crippen LogP contribution in [0.15, 0.2) is 30.3 Å². The maximum Gasteiger partial charge on any atom is 0.186 e. The number of methoxy groups -OCH3 is 1. The summed E-state index contributed by atoms with van der Waals surface area (Å²) in [5, 5.41) is 20.1. The van der Waals surface area contributed by atoms with Gasteiger partial charge in [0.05, 0.1) is 6.61 Å². The Morgan fingerprint density at radius 2 is 1.85 bits per heavy atom. The molecule has 0 bridgehead atoms. The minimum atomic E-state index is -1.14. The number of ether oxygens (including phenoxy) is 4. The van der Waals surface area contributed by atoms with Gasteiger partial charge in [-0.1, -0.05) is 30.3 Å². The summed E-state index contributed by atoms with van der Waals surface area (Å²) in [6.45, 7) is 0.272. The number of aliphatic hydroxyl groups excluding tert-OH is 2. The van der Waals surface area contributed by atoms with Crippen LogP contribution in [-0.2, 0) is 18.9 Å². The molecule has 6 atom stereocenters. The number of hydrogen-bond acceptors (Lipinski definition) is 6. The molecule has 0 radical (unpaired) electrons. The molecule has 1 aromatic carbocycles. The maximum atomic E-state index is 10.1. The first-order chi connectivity index (χ1) is 9.70. The topological polar surface area (TPSA) is 77.4 Å². The van der Waals surface area contributed by atoms with Gasteiger partial charge in [0.2, 0.25) is 0 Å². The average Bonchev–Trinajstić information content (AvgIpc) is 2.51. The van der Waals surface area contributed by atoms with Gasteiger partial charge >= 0.3 is 0 Å². The Balaban J connectivity index is 1.74. The zero-order chi connectivity index (χ0) is 14.1.